The van der Waals surface area contributed by atoms with E-state index in [1.165, 1.54) is 11.1 Å². The lowest BCUT2D eigenvalue weighted by Crippen LogP contribution is -1.91. The minimum Gasteiger partial charge on any atom is -0.298 e. The van der Waals surface area contributed by atoms with E-state index in [4.69, 9.17) is 0 Å². The molecule has 0 saturated heterocycles. The molecule has 80 valence electrons. The summed E-state index contributed by atoms with van der Waals surface area (Å²) in [6.45, 7) is 4.08. The average molecular weight is 210 g/mol. The van der Waals surface area contributed by atoms with Crippen molar-refractivity contribution in [2.75, 3.05) is 0 Å². The van der Waals surface area contributed by atoms with Crippen LogP contribution in [0.3, 0.4) is 0 Å². The molecule has 0 N–H and O–H groups in total. The molecule has 0 saturated carbocycles. The third-order valence-electron chi connectivity index (χ3n) is 2.94. The highest BCUT2D eigenvalue weighted by molar-refractivity contribution is 5.83. The molecule has 0 aliphatic rings. The maximum absolute atomic E-state index is 10.9. The van der Waals surface area contributed by atoms with Crippen molar-refractivity contribution < 1.29 is 4.79 Å². The van der Waals surface area contributed by atoms with Crippen LogP contribution in [-0.4, -0.2) is 6.29 Å². The minimum absolute atomic E-state index is 0.765. The molecule has 0 heterocycles. The lowest BCUT2D eigenvalue weighted by molar-refractivity contribution is 0.112. The molecule has 2 aromatic carbocycles. The largest absolute Gasteiger partial charge is 0.298 e. The standard InChI is InChI=1S/C15H14O/c1-11-6-3-4-8-14(11)15-9-5-7-13(10-16)12(15)2/h3-10H,1-2H3. The molecule has 0 amide bonds. The van der Waals surface area contributed by atoms with Crippen LogP contribution in [0.15, 0.2) is 42.5 Å². The number of hydrogen-bond donors (Lipinski definition) is 0. The third kappa shape index (κ3) is 1.76. The Hall–Kier alpha value is -1.89. The summed E-state index contributed by atoms with van der Waals surface area (Å²) in [7, 11) is 0. The Morgan fingerprint density at radius 1 is 0.875 bits per heavy atom. The molecule has 0 unspecified atom stereocenters. The summed E-state index contributed by atoms with van der Waals surface area (Å²) in [4.78, 5) is 10.9. The van der Waals surface area contributed by atoms with Gasteiger partial charge in [-0.3, -0.25) is 4.79 Å². The number of carbonyl (C=O) groups excluding carboxylic acids is 1. The van der Waals surface area contributed by atoms with Crippen molar-refractivity contribution in [3.05, 3.63) is 59.2 Å². The van der Waals surface area contributed by atoms with Gasteiger partial charge in [-0.1, -0.05) is 42.5 Å². The molecule has 2 aromatic rings. The smallest absolute Gasteiger partial charge is 0.150 e. The minimum atomic E-state index is 0.765. The highest BCUT2D eigenvalue weighted by Crippen LogP contribution is 2.27. The van der Waals surface area contributed by atoms with Gasteiger partial charge in [-0.25, -0.2) is 0 Å². The van der Waals surface area contributed by atoms with Gasteiger partial charge in [0.2, 0.25) is 0 Å². The third-order valence-corrected chi connectivity index (χ3v) is 2.94. The highest BCUT2D eigenvalue weighted by Gasteiger charge is 2.06. The zero-order valence-electron chi connectivity index (χ0n) is 9.53. The maximum atomic E-state index is 10.9. The zero-order chi connectivity index (χ0) is 11.5. The lowest BCUT2D eigenvalue weighted by Gasteiger charge is -2.10. The van der Waals surface area contributed by atoms with Gasteiger partial charge in [0.15, 0.2) is 0 Å². The zero-order valence-corrected chi connectivity index (χ0v) is 9.53. The molecule has 1 heteroatoms. The monoisotopic (exact) mass is 210 g/mol. The van der Waals surface area contributed by atoms with Crippen molar-refractivity contribution in [2.24, 2.45) is 0 Å². The van der Waals surface area contributed by atoms with Gasteiger partial charge in [-0.2, -0.15) is 0 Å². The molecule has 0 aliphatic heterocycles. The van der Waals surface area contributed by atoms with E-state index in [1.54, 1.807) is 0 Å². The Labute approximate surface area is 95.7 Å². The average Bonchev–Trinajstić information content (AvgIpc) is 2.31. The second kappa shape index (κ2) is 4.31. The Balaban J connectivity index is 2.65. The Morgan fingerprint density at radius 3 is 2.25 bits per heavy atom. The fraction of sp³-hybridized carbons (Fsp3) is 0.133. The SMILES string of the molecule is Cc1ccccc1-c1cccc(C=O)c1C. The summed E-state index contributed by atoms with van der Waals surface area (Å²) >= 11 is 0. The second-order valence-corrected chi connectivity index (χ2v) is 3.95. The van der Waals surface area contributed by atoms with Gasteiger partial charge in [0.05, 0.1) is 0 Å². The van der Waals surface area contributed by atoms with Crippen LogP contribution in [-0.2, 0) is 0 Å². The van der Waals surface area contributed by atoms with Crippen molar-refractivity contribution in [2.45, 2.75) is 13.8 Å². The van der Waals surface area contributed by atoms with Crippen LogP contribution in [0, 0.1) is 13.8 Å². The first-order chi connectivity index (χ1) is 7.74. The summed E-state index contributed by atoms with van der Waals surface area (Å²) < 4.78 is 0. The number of carbonyl (C=O) groups is 1. The van der Waals surface area contributed by atoms with Crippen molar-refractivity contribution >= 4 is 6.29 Å². The van der Waals surface area contributed by atoms with Crippen LogP contribution in [0.25, 0.3) is 11.1 Å². The van der Waals surface area contributed by atoms with Crippen molar-refractivity contribution in [1.82, 2.24) is 0 Å². The van der Waals surface area contributed by atoms with E-state index in [2.05, 4.69) is 25.1 Å². The predicted octanol–water partition coefficient (Wildman–Crippen LogP) is 3.78. The molecule has 0 aliphatic carbocycles. The molecular formula is C15H14O. The molecular weight excluding hydrogens is 196 g/mol. The van der Waals surface area contributed by atoms with Crippen LogP contribution >= 0.6 is 0 Å². The molecule has 0 atom stereocenters. The summed E-state index contributed by atoms with van der Waals surface area (Å²) in [6, 6.07) is 14.1. The summed E-state index contributed by atoms with van der Waals surface area (Å²) in [5, 5.41) is 0. The highest BCUT2D eigenvalue weighted by atomic mass is 16.1. The van der Waals surface area contributed by atoms with E-state index in [1.807, 2.05) is 31.2 Å². The molecule has 0 radical (unpaired) electrons. The van der Waals surface area contributed by atoms with Gasteiger partial charge in [0, 0.05) is 5.56 Å². The number of benzene rings is 2. The number of hydrogen-bond acceptors (Lipinski definition) is 1. The van der Waals surface area contributed by atoms with E-state index in [0.717, 1.165) is 23.0 Å². The number of rotatable bonds is 2. The van der Waals surface area contributed by atoms with Crippen LogP contribution < -0.4 is 0 Å². The molecule has 0 fully saturated rings. The summed E-state index contributed by atoms with van der Waals surface area (Å²) in [5.41, 5.74) is 5.38. The molecule has 0 bridgehead atoms. The molecule has 0 aromatic heterocycles. The number of aryl methyl sites for hydroxylation is 1. The van der Waals surface area contributed by atoms with Crippen LogP contribution in [0.1, 0.15) is 21.5 Å². The fourth-order valence-electron chi connectivity index (χ4n) is 1.95. The first-order valence-corrected chi connectivity index (χ1v) is 5.35. The van der Waals surface area contributed by atoms with Crippen molar-refractivity contribution in [1.29, 1.82) is 0 Å². The summed E-state index contributed by atoms with van der Waals surface area (Å²) in [5.74, 6) is 0. The van der Waals surface area contributed by atoms with Gasteiger partial charge < -0.3 is 0 Å². The van der Waals surface area contributed by atoms with Crippen molar-refractivity contribution in [3.8, 4) is 11.1 Å². The first-order valence-electron chi connectivity index (χ1n) is 5.35. The van der Waals surface area contributed by atoms with Gasteiger partial charge in [-0.05, 0) is 36.1 Å². The molecule has 2 rings (SSSR count). The quantitative estimate of drug-likeness (QED) is 0.689. The lowest BCUT2D eigenvalue weighted by atomic mass is 9.94. The fourth-order valence-corrected chi connectivity index (χ4v) is 1.95. The van der Waals surface area contributed by atoms with E-state index < -0.39 is 0 Å². The predicted molar refractivity (Wildman–Crippen MR) is 66.7 cm³/mol. The maximum Gasteiger partial charge on any atom is 0.150 e. The Kier molecular flexibility index (Phi) is 2.86. The Bertz CT molecular complexity index is 527. The first kappa shape index (κ1) is 10.6. The van der Waals surface area contributed by atoms with Crippen LogP contribution in [0.4, 0.5) is 0 Å². The molecule has 0 spiro atoms. The Morgan fingerprint density at radius 2 is 1.56 bits per heavy atom. The van der Waals surface area contributed by atoms with E-state index in [9.17, 15) is 4.79 Å². The van der Waals surface area contributed by atoms with Gasteiger partial charge in [0.1, 0.15) is 6.29 Å². The van der Waals surface area contributed by atoms with Crippen LogP contribution in [0.2, 0.25) is 0 Å². The van der Waals surface area contributed by atoms with Crippen molar-refractivity contribution in [3.63, 3.8) is 0 Å². The van der Waals surface area contributed by atoms with Gasteiger partial charge in [0.25, 0.3) is 0 Å². The summed E-state index contributed by atoms with van der Waals surface area (Å²) in [6.07, 6.45) is 0.914. The normalized spacial score (nSPS) is 10.1. The molecule has 16 heavy (non-hydrogen) atoms. The topological polar surface area (TPSA) is 17.1 Å². The van der Waals surface area contributed by atoms with E-state index in [0.29, 0.717) is 0 Å². The van der Waals surface area contributed by atoms with Gasteiger partial charge in [-0.15, -0.1) is 0 Å². The van der Waals surface area contributed by atoms with E-state index >= 15 is 0 Å². The second-order valence-electron chi connectivity index (χ2n) is 3.95. The molecule has 1 nitrogen and oxygen atoms in total. The van der Waals surface area contributed by atoms with Crippen LogP contribution in [0.5, 0.6) is 0 Å². The van der Waals surface area contributed by atoms with Gasteiger partial charge >= 0.3 is 0 Å². The number of aldehydes is 1. The van der Waals surface area contributed by atoms with E-state index in [-0.39, 0.29) is 0 Å².